The molecular weight excluding hydrogens is 247 g/mol. The fraction of sp³-hybridized carbons (Fsp3) is 0.286. The van der Waals surface area contributed by atoms with Gasteiger partial charge in [0, 0.05) is 5.69 Å². The molecule has 5 heteroatoms. The Balaban J connectivity index is 1.97. The molecule has 0 aliphatic heterocycles. The van der Waals surface area contributed by atoms with E-state index in [1.165, 1.54) is 12.1 Å². The SMILES string of the molecule is O=C(O)C1CCc2c(cnn2-c2cccc(F)c2)C1. The van der Waals surface area contributed by atoms with E-state index in [4.69, 9.17) is 5.11 Å². The lowest BCUT2D eigenvalue weighted by Gasteiger charge is -2.19. The summed E-state index contributed by atoms with van der Waals surface area (Å²) in [4.78, 5) is 11.0. The highest BCUT2D eigenvalue weighted by Gasteiger charge is 2.27. The highest BCUT2D eigenvalue weighted by Crippen LogP contribution is 2.27. The molecule has 0 bridgehead atoms. The number of rotatable bonds is 2. The Hall–Kier alpha value is -2.17. The number of aliphatic carboxylic acids is 1. The highest BCUT2D eigenvalue weighted by molar-refractivity contribution is 5.71. The lowest BCUT2D eigenvalue weighted by atomic mass is 9.88. The summed E-state index contributed by atoms with van der Waals surface area (Å²) in [6, 6.07) is 6.25. The number of fused-ring (bicyclic) bond motifs is 1. The van der Waals surface area contributed by atoms with Gasteiger partial charge in [-0.1, -0.05) is 6.07 Å². The van der Waals surface area contributed by atoms with Crippen molar-refractivity contribution in [3.63, 3.8) is 0 Å². The van der Waals surface area contributed by atoms with Gasteiger partial charge in [-0.05, 0) is 43.0 Å². The number of aromatic nitrogens is 2. The van der Waals surface area contributed by atoms with E-state index in [-0.39, 0.29) is 11.7 Å². The maximum absolute atomic E-state index is 13.2. The van der Waals surface area contributed by atoms with Gasteiger partial charge in [0.05, 0.1) is 17.8 Å². The van der Waals surface area contributed by atoms with Crippen LogP contribution in [-0.4, -0.2) is 20.9 Å². The maximum atomic E-state index is 13.2. The van der Waals surface area contributed by atoms with Crippen LogP contribution >= 0.6 is 0 Å². The summed E-state index contributed by atoms with van der Waals surface area (Å²) in [6.07, 6.45) is 3.45. The van der Waals surface area contributed by atoms with E-state index in [0.717, 1.165) is 11.3 Å². The Kier molecular flexibility index (Phi) is 2.81. The van der Waals surface area contributed by atoms with Gasteiger partial charge in [-0.3, -0.25) is 4.79 Å². The fourth-order valence-corrected chi connectivity index (χ4v) is 2.56. The van der Waals surface area contributed by atoms with Crippen molar-refractivity contribution in [3.05, 3.63) is 47.5 Å². The largest absolute Gasteiger partial charge is 0.481 e. The molecule has 19 heavy (non-hydrogen) atoms. The summed E-state index contributed by atoms with van der Waals surface area (Å²) in [5, 5.41) is 13.3. The van der Waals surface area contributed by atoms with E-state index in [1.54, 1.807) is 23.0 Å². The van der Waals surface area contributed by atoms with Crippen LogP contribution in [0.2, 0.25) is 0 Å². The Morgan fingerprint density at radius 1 is 1.47 bits per heavy atom. The van der Waals surface area contributed by atoms with Gasteiger partial charge in [-0.15, -0.1) is 0 Å². The number of halogens is 1. The lowest BCUT2D eigenvalue weighted by Crippen LogP contribution is -2.22. The van der Waals surface area contributed by atoms with Crippen LogP contribution in [0.1, 0.15) is 17.7 Å². The van der Waals surface area contributed by atoms with Gasteiger partial charge in [0.2, 0.25) is 0 Å². The first-order valence-corrected chi connectivity index (χ1v) is 6.19. The number of carboxylic acids is 1. The van der Waals surface area contributed by atoms with Crippen LogP contribution in [0.5, 0.6) is 0 Å². The van der Waals surface area contributed by atoms with Crippen molar-refractivity contribution in [3.8, 4) is 5.69 Å². The Morgan fingerprint density at radius 3 is 3.05 bits per heavy atom. The topological polar surface area (TPSA) is 55.1 Å². The van der Waals surface area contributed by atoms with Crippen LogP contribution in [0.25, 0.3) is 5.69 Å². The Labute approximate surface area is 109 Å². The molecule has 1 atom stereocenters. The number of hydrogen-bond donors (Lipinski definition) is 1. The molecule has 1 aromatic heterocycles. The fourth-order valence-electron chi connectivity index (χ4n) is 2.56. The molecule has 0 fully saturated rings. The lowest BCUT2D eigenvalue weighted by molar-refractivity contribution is -0.142. The molecule has 0 saturated carbocycles. The number of carboxylic acid groups (broad SMARTS) is 1. The smallest absolute Gasteiger partial charge is 0.306 e. The molecule has 2 aromatic rings. The summed E-state index contributed by atoms with van der Waals surface area (Å²) in [5.41, 5.74) is 2.61. The summed E-state index contributed by atoms with van der Waals surface area (Å²) in [5.74, 6) is -1.40. The van der Waals surface area contributed by atoms with Crippen LogP contribution in [0, 0.1) is 11.7 Å². The molecule has 0 saturated heterocycles. The number of benzene rings is 1. The molecule has 1 N–H and O–H groups in total. The zero-order valence-electron chi connectivity index (χ0n) is 10.2. The first kappa shape index (κ1) is 11.9. The van der Waals surface area contributed by atoms with Crippen LogP contribution in [0.15, 0.2) is 30.5 Å². The summed E-state index contributed by atoms with van der Waals surface area (Å²) < 4.78 is 14.9. The molecule has 0 amide bonds. The van der Waals surface area contributed by atoms with Gasteiger partial charge in [-0.25, -0.2) is 9.07 Å². The Morgan fingerprint density at radius 2 is 2.32 bits per heavy atom. The summed E-state index contributed by atoms with van der Waals surface area (Å²) >= 11 is 0. The average molecular weight is 260 g/mol. The van der Waals surface area contributed by atoms with Crippen molar-refractivity contribution in [2.24, 2.45) is 5.92 Å². The van der Waals surface area contributed by atoms with Gasteiger partial charge in [0.25, 0.3) is 0 Å². The molecule has 3 rings (SSSR count). The molecule has 1 aliphatic carbocycles. The van der Waals surface area contributed by atoms with Gasteiger partial charge < -0.3 is 5.11 Å². The van der Waals surface area contributed by atoms with Gasteiger partial charge in [-0.2, -0.15) is 5.10 Å². The molecule has 1 aliphatic rings. The number of nitrogens with zero attached hydrogens (tertiary/aromatic N) is 2. The summed E-state index contributed by atoms with van der Waals surface area (Å²) in [7, 11) is 0. The normalized spacial score (nSPS) is 18.1. The van der Waals surface area contributed by atoms with Gasteiger partial charge in [0.15, 0.2) is 0 Å². The zero-order valence-corrected chi connectivity index (χ0v) is 10.2. The standard InChI is InChI=1S/C14H13FN2O2/c15-11-2-1-3-12(7-11)17-13-5-4-9(14(18)19)6-10(13)8-16-17/h1-3,7-9H,4-6H2,(H,18,19). The van der Waals surface area contributed by atoms with E-state index < -0.39 is 5.97 Å². The zero-order chi connectivity index (χ0) is 13.4. The van der Waals surface area contributed by atoms with E-state index in [9.17, 15) is 9.18 Å². The molecule has 1 aromatic carbocycles. The van der Waals surface area contributed by atoms with Gasteiger partial charge >= 0.3 is 5.97 Å². The first-order chi connectivity index (χ1) is 9.15. The molecule has 0 spiro atoms. The van der Waals surface area contributed by atoms with Crippen LogP contribution in [0.4, 0.5) is 4.39 Å². The van der Waals surface area contributed by atoms with E-state index >= 15 is 0 Å². The average Bonchev–Trinajstić information content (AvgIpc) is 2.81. The van der Waals surface area contributed by atoms with Crippen molar-refractivity contribution in [1.82, 2.24) is 9.78 Å². The third-order valence-electron chi connectivity index (χ3n) is 3.55. The Bertz CT molecular complexity index is 636. The second-order valence-corrected chi connectivity index (χ2v) is 4.79. The second kappa shape index (κ2) is 4.50. The third kappa shape index (κ3) is 2.12. The maximum Gasteiger partial charge on any atom is 0.306 e. The van der Waals surface area contributed by atoms with E-state index in [0.29, 0.717) is 24.9 Å². The molecule has 98 valence electrons. The highest BCUT2D eigenvalue weighted by atomic mass is 19.1. The van der Waals surface area contributed by atoms with Crippen molar-refractivity contribution in [2.75, 3.05) is 0 Å². The quantitative estimate of drug-likeness (QED) is 0.900. The van der Waals surface area contributed by atoms with Crippen molar-refractivity contribution in [1.29, 1.82) is 0 Å². The van der Waals surface area contributed by atoms with Crippen LogP contribution in [-0.2, 0) is 17.6 Å². The molecular formula is C14H13FN2O2. The predicted octanol–water partition coefficient (Wildman–Crippen LogP) is 2.20. The monoisotopic (exact) mass is 260 g/mol. The van der Waals surface area contributed by atoms with Gasteiger partial charge in [0.1, 0.15) is 5.82 Å². The minimum absolute atomic E-state index is 0.305. The second-order valence-electron chi connectivity index (χ2n) is 4.79. The third-order valence-corrected chi connectivity index (χ3v) is 3.55. The van der Waals surface area contributed by atoms with Crippen LogP contribution < -0.4 is 0 Å². The molecule has 1 unspecified atom stereocenters. The van der Waals surface area contributed by atoms with Crippen molar-refractivity contribution >= 4 is 5.97 Å². The number of hydrogen-bond acceptors (Lipinski definition) is 2. The van der Waals surface area contributed by atoms with E-state index in [2.05, 4.69) is 5.10 Å². The summed E-state index contributed by atoms with van der Waals surface area (Å²) in [6.45, 7) is 0. The predicted molar refractivity (Wildman–Crippen MR) is 66.7 cm³/mol. The van der Waals surface area contributed by atoms with Crippen molar-refractivity contribution in [2.45, 2.75) is 19.3 Å². The minimum atomic E-state index is -0.760. The molecule has 0 radical (unpaired) electrons. The number of carbonyl (C=O) groups is 1. The molecule has 1 heterocycles. The first-order valence-electron chi connectivity index (χ1n) is 6.19. The van der Waals surface area contributed by atoms with Crippen molar-refractivity contribution < 1.29 is 14.3 Å². The van der Waals surface area contributed by atoms with Crippen LogP contribution in [0.3, 0.4) is 0 Å². The minimum Gasteiger partial charge on any atom is -0.481 e. The molecule has 4 nitrogen and oxygen atoms in total. The van der Waals surface area contributed by atoms with E-state index in [1.807, 2.05) is 0 Å².